The molecule has 0 aromatic heterocycles. The Labute approximate surface area is 179 Å². The number of amides is 1. The van der Waals surface area contributed by atoms with Gasteiger partial charge in [-0.25, -0.2) is 8.42 Å². The van der Waals surface area contributed by atoms with E-state index in [4.69, 9.17) is 0 Å². The fraction of sp³-hybridized carbons (Fsp3) is 0.526. The molecule has 1 N–H and O–H groups in total. The van der Waals surface area contributed by atoms with Gasteiger partial charge in [-0.3, -0.25) is 4.79 Å². The largest absolute Gasteiger partial charge is 1.00 e. The van der Waals surface area contributed by atoms with Gasteiger partial charge >= 0.3 is 29.6 Å². The zero-order chi connectivity index (χ0) is 19.3. The Morgan fingerprint density at radius 1 is 1.27 bits per heavy atom. The molecule has 7 heteroatoms. The molecule has 0 saturated heterocycles. The van der Waals surface area contributed by atoms with E-state index < -0.39 is 26.8 Å². The van der Waals surface area contributed by atoms with Gasteiger partial charge in [0.15, 0.2) is 0 Å². The Balaban J connectivity index is 0.00000625. The van der Waals surface area contributed by atoms with Gasteiger partial charge in [-0.15, -0.1) is 0 Å². The van der Waals surface area contributed by atoms with Crippen LogP contribution in [0.3, 0.4) is 0 Å². The molecule has 5 nitrogen and oxygen atoms in total. The van der Waals surface area contributed by atoms with Crippen molar-refractivity contribution in [3.8, 4) is 0 Å². The summed E-state index contributed by atoms with van der Waals surface area (Å²) in [6.45, 7) is 10.9. The molecule has 0 fully saturated rings. The molecule has 1 rings (SSSR count). The van der Waals surface area contributed by atoms with Gasteiger partial charge in [0, 0.05) is 0 Å². The first kappa shape index (κ1) is 25.3. The van der Waals surface area contributed by atoms with E-state index in [0.717, 1.165) is 6.08 Å². The number of carbonyl (C=O) groups excluding carboxylic acids is 1. The molecule has 140 valence electrons. The molecule has 2 unspecified atom stereocenters. The molecule has 1 aromatic rings. The molecular formula is C19H28NNaO4S. The molecule has 1 amide bonds. The zero-order valence-electron chi connectivity index (χ0n) is 16.4. The first-order chi connectivity index (χ1) is 11.5. The van der Waals surface area contributed by atoms with Crippen LogP contribution in [0.5, 0.6) is 0 Å². The predicted molar refractivity (Wildman–Crippen MR) is 98.9 cm³/mol. The second kappa shape index (κ2) is 10.6. The molecule has 0 heterocycles. The van der Waals surface area contributed by atoms with Crippen LogP contribution in [-0.4, -0.2) is 24.3 Å². The van der Waals surface area contributed by atoms with Crippen molar-refractivity contribution in [3.05, 3.63) is 48.6 Å². The van der Waals surface area contributed by atoms with Gasteiger partial charge in [0.25, 0.3) is 0 Å². The zero-order valence-corrected chi connectivity index (χ0v) is 19.2. The number of hydrogen-bond donors (Lipinski definition) is 1. The van der Waals surface area contributed by atoms with Crippen molar-refractivity contribution in [3.63, 3.8) is 0 Å². The molecule has 0 aliphatic rings. The summed E-state index contributed by atoms with van der Waals surface area (Å²) in [7, 11) is -4.69. The van der Waals surface area contributed by atoms with Gasteiger partial charge in [-0.05, 0) is 41.7 Å². The van der Waals surface area contributed by atoms with Crippen molar-refractivity contribution in [2.75, 3.05) is 0 Å². The fourth-order valence-electron chi connectivity index (χ4n) is 3.09. The monoisotopic (exact) mass is 389 g/mol. The molecule has 0 bridgehead atoms. The van der Waals surface area contributed by atoms with Crippen molar-refractivity contribution >= 4 is 16.0 Å². The van der Waals surface area contributed by atoms with Crippen LogP contribution in [0.15, 0.2) is 43.0 Å². The quantitative estimate of drug-likeness (QED) is 0.377. The van der Waals surface area contributed by atoms with Crippen LogP contribution in [-0.2, 0) is 14.9 Å². The Kier molecular flexibility index (Phi) is 10.3. The minimum atomic E-state index is -4.69. The molecule has 0 saturated carbocycles. The van der Waals surface area contributed by atoms with Crippen LogP contribution >= 0.6 is 0 Å². The van der Waals surface area contributed by atoms with Crippen molar-refractivity contribution in [2.24, 2.45) is 11.3 Å². The summed E-state index contributed by atoms with van der Waals surface area (Å²) in [6, 6.07) is 10.0. The molecule has 2 atom stereocenters. The summed E-state index contributed by atoms with van der Waals surface area (Å²) < 4.78 is 35.0. The summed E-state index contributed by atoms with van der Waals surface area (Å²) in [5.74, 6) is -0.0603. The first-order valence-electron chi connectivity index (χ1n) is 8.41. The third-order valence-corrected chi connectivity index (χ3v) is 5.92. The maximum absolute atomic E-state index is 11.7. The first-order valence-corrected chi connectivity index (χ1v) is 9.88. The summed E-state index contributed by atoms with van der Waals surface area (Å²) in [5, 5.41) is 0.791. The van der Waals surface area contributed by atoms with E-state index in [1.165, 1.54) is 5.56 Å². The van der Waals surface area contributed by atoms with Crippen LogP contribution in [0.2, 0.25) is 0 Å². The maximum Gasteiger partial charge on any atom is 1.00 e. The van der Waals surface area contributed by atoms with E-state index in [0.29, 0.717) is 18.8 Å². The van der Waals surface area contributed by atoms with Gasteiger partial charge < -0.3 is 9.87 Å². The van der Waals surface area contributed by atoms with Gasteiger partial charge in [-0.1, -0.05) is 64.6 Å². The predicted octanol–water partition coefficient (Wildman–Crippen LogP) is 0.410. The number of carbonyl (C=O) groups is 1. The van der Waals surface area contributed by atoms with Gasteiger partial charge in [0.2, 0.25) is 5.91 Å². The molecule has 0 radical (unpaired) electrons. The Bertz CT molecular complexity index is 687. The standard InChI is InChI=1S/C19H29NO4S.Na/c1-6-17(21)20-18(25(22,23)24)19(4,5)13-12-16(14(2)3)15-10-8-7-9-11-15;/h6-11,14,16,18H,1,12-13H2,2-5H3,(H,20,21)(H,22,23,24);/q;+1/p-1. The summed E-state index contributed by atoms with van der Waals surface area (Å²) in [4.78, 5) is 11.6. The molecule has 26 heavy (non-hydrogen) atoms. The molecule has 1 aromatic carbocycles. The number of nitrogens with one attached hydrogen (secondary N) is 1. The summed E-state index contributed by atoms with van der Waals surface area (Å²) in [6.07, 6.45) is 2.16. The third kappa shape index (κ3) is 7.53. The topological polar surface area (TPSA) is 86.3 Å². The maximum atomic E-state index is 11.7. The van der Waals surface area contributed by atoms with E-state index in [-0.39, 0.29) is 35.5 Å². The molecule has 0 aliphatic carbocycles. The average molecular weight is 389 g/mol. The Morgan fingerprint density at radius 2 is 1.81 bits per heavy atom. The van der Waals surface area contributed by atoms with Crippen molar-refractivity contribution in [2.45, 2.75) is 51.8 Å². The Morgan fingerprint density at radius 3 is 2.23 bits per heavy atom. The van der Waals surface area contributed by atoms with Gasteiger partial charge in [0.1, 0.15) is 15.5 Å². The van der Waals surface area contributed by atoms with Crippen molar-refractivity contribution < 1.29 is 47.3 Å². The van der Waals surface area contributed by atoms with Crippen LogP contribution in [0, 0.1) is 11.3 Å². The van der Waals surface area contributed by atoms with E-state index >= 15 is 0 Å². The summed E-state index contributed by atoms with van der Waals surface area (Å²) >= 11 is 0. The van der Waals surface area contributed by atoms with E-state index in [1.807, 2.05) is 18.2 Å². The van der Waals surface area contributed by atoms with Crippen LogP contribution in [0.25, 0.3) is 0 Å². The molecule has 0 aliphatic heterocycles. The van der Waals surface area contributed by atoms with Crippen molar-refractivity contribution in [1.29, 1.82) is 0 Å². The van der Waals surface area contributed by atoms with E-state index in [9.17, 15) is 17.8 Å². The van der Waals surface area contributed by atoms with Gasteiger partial charge in [-0.2, -0.15) is 0 Å². The second-order valence-electron chi connectivity index (χ2n) is 7.37. The normalized spacial score (nSPS) is 14.2. The van der Waals surface area contributed by atoms with Crippen LogP contribution in [0.1, 0.15) is 52.0 Å². The third-order valence-electron chi connectivity index (χ3n) is 4.59. The second-order valence-corrected chi connectivity index (χ2v) is 8.83. The Hall–Kier alpha value is -0.660. The van der Waals surface area contributed by atoms with E-state index in [2.05, 4.69) is 37.9 Å². The number of rotatable bonds is 9. The smallest absolute Gasteiger partial charge is 0.746 e. The number of hydrogen-bond acceptors (Lipinski definition) is 4. The average Bonchev–Trinajstić information content (AvgIpc) is 2.51. The summed E-state index contributed by atoms with van der Waals surface area (Å²) in [5.41, 5.74) is 0.284. The van der Waals surface area contributed by atoms with Crippen LogP contribution < -0.4 is 34.9 Å². The molecular weight excluding hydrogens is 361 g/mol. The van der Waals surface area contributed by atoms with Gasteiger partial charge in [0.05, 0.1) is 0 Å². The van der Waals surface area contributed by atoms with Crippen molar-refractivity contribution in [1.82, 2.24) is 5.32 Å². The fourth-order valence-corrected chi connectivity index (χ4v) is 4.25. The minimum absolute atomic E-state index is 0. The minimum Gasteiger partial charge on any atom is -0.746 e. The number of benzene rings is 1. The molecule has 0 spiro atoms. The SMILES string of the molecule is C=CC(=O)NC(C(C)(C)CCC(c1ccccc1)C(C)C)S(=O)(=O)[O-].[Na+]. The van der Waals surface area contributed by atoms with Crippen LogP contribution in [0.4, 0.5) is 0 Å². The van der Waals surface area contributed by atoms with E-state index in [1.54, 1.807) is 13.8 Å².